The molecule has 3 atom stereocenters. The van der Waals surface area contributed by atoms with Gasteiger partial charge in [-0.25, -0.2) is 4.57 Å². The maximum atomic E-state index is 13.0. The van der Waals surface area contributed by atoms with E-state index in [4.69, 9.17) is 9.05 Å². The molecule has 0 heterocycles. The molecule has 422 valence electrons. The van der Waals surface area contributed by atoms with E-state index in [2.05, 4.69) is 43.5 Å². The zero-order valence-electron chi connectivity index (χ0n) is 48.2. The molecule has 0 saturated carbocycles. The van der Waals surface area contributed by atoms with E-state index < -0.39 is 20.0 Å². The quantitative estimate of drug-likeness (QED) is 0.0243. The van der Waals surface area contributed by atoms with Crippen molar-refractivity contribution in [2.45, 2.75) is 328 Å². The first-order chi connectivity index (χ1) is 34.5. The van der Waals surface area contributed by atoms with Crippen molar-refractivity contribution in [3.8, 4) is 0 Å². The summed E-state index contributed by atoms with van der Waals surface area (Å²) in [5.74, 6) is -0.148. The molecule has 71 heavy (non-hydrogen) atoms. The van der Waals surface area contributed by atoms with Gasteiger partial charge >= 0.3 is 7.82 Å². The lowest BCUT2D eigenvalue weighted by Crippen LogP contribution is -2.46. The van der Waals surface area contributed by atoms with Crippen LogP contribution >= 0.6 is 7.82 Å². The number of aliphatic hydroxyl groups is 1. The van der Waals surface area contributed by atoms with Crippen LogP contribution in [0.2, 0.25) is 0 Å². The molecule has 1 amide bonds. The minimum Gasteiger partial charge on any atom is -0.391 e. The van der Waals surface area contributed by atoms with Crippen LogP contribution in [0.4, 0.5) is 0 Å². The lowest BCUT2D eigenvalue weighted by Gasteiger charge is -2.26. The van der Waals surface area contributed by atoms with Gasteiger partial charge in [-0.15, -0.1) is 0 Å². The third kappa shape index (κ3) is 56.5. The number of hydrogen-bond acceptors (Lipinski definition) is 5. The molecular weight excluding hydrogens is 900 g/mol. The summed E-state index contributed by atoms with van der Waals surface area (Å²) >= 11 is 0. The van der Waals surface area contributed by atoms with E-state index in [1.807, 2.05) is 21.1 Å². The summed E-state index contributed by atoms with van der Waals surface area (Å²) < 4.78 is 23.8. The zero-order chi connectivity index (χ0) is 52.0. The van der Waals surface area contributed by atoms with Crippen molar-refractivity contribution in [3.05, 3.63) is 24.3 Å². The van der Waals surface area contributed by atoms with Gasteiger partial charge in [0.15, 0.2) is 0 Å². The number of phosphoric acid groups is 1. The maximum Gasteiger partial charge on any atom is 0.472 e. The second-order valence-electron chi connectivity index (χ2n) is 22.8. The molecular formula is C62H124N2O6P+. The fourth-order valence-corrected chi connectivity index (χ4v) is 10.3. The van der Waals surface area contributed by atoms with Crippen LogP contribution in [0.25, 0.3) is 0 Å². The molecule has 0 rings (SSSR count). The van der Waals surface area contributed by atoms with E-state index >= 15 is 0 Å². The lowest BCUT2D eigenvalue weighted by molar-refractivity contribution is -0.870. The Kier molecular flexibility index (Phi) is 53.0. The first-order valence-electron chi connectivity index (χ1n) is 31.2. The number of amides is 1. The monoisotopic (exact) mass is 1020 g/mol. The highest BCUT2D eigenvalue weighted by molar-refractivity contribution is 7.47. The van der Waals surface area contributed by atoms with Gasteiger partial charge in [-0.05, 0) is 44.9 Å². The Balaban J connectivity index is 4.01. The van der Waals surface area contributed by atoms with Crippen LogP contribution in [0.15, 0.2) is 24.3 Å². The second-order valence-corrected chi connectivity index (χ2v) is 24.2. The van der Waals surface area contributed by atoms with Gasteiger partial charge in [-0.2, -0.15) is 0 Å². The second kappa shape index (κ2) is 53.8. The summed E-state index contributed by atoms with van der Waals surface area (Å²) in [5.41, 5.74) is 0. The van der Waals surface area contributed by atoms with Crippen molar-refractivity contribution in [3.63, 3.8) is 0 Å². The summed E-state index contributed by atoms with van der Waals surface area (Å²) in [6.07, 6.45) is 68.3. The molecule has 3 N–H and O–H groups in total. The Morgan fingerprint density at radius 3 is 1.18 bits per heavy atom. The van der Waals surface area contributed by atoms with E-state index in [0.717, 1.165) is 51.4 Å². The van der Waals surface area contributed by atoms with Gasteiger partial charge in [0, 0.05) is 6.42 Å². The highest BCUT2D eigenvalue weighted by Crippen LogP contribution is 2.43. The molecule has 0 bridgehead atoms. The molecule has 0 aliphatic heterocycles. The van der Waals surface area contributed by atoms with Crippen molar-refractivity contribution in [1.29, 1.82) is 0 Å². The van der Waals surface area contributed by atoms with Crippen LogP contribution in [0.1, 0.15) is 316 Å². The molecule has 3 unspecified atom stereocenters. The standard InChI is InChI=1S/C62H123N2O6P/c1-6-8-10-12-14-16-18-20-22-24-25-26-27-28-29-30-31-32-33-34-35-36-37-38-40-41-43-45-47-49-51-53-55-61(65)60(59-70-71(67,68)69-58-57-64(3,4)5)63-62(66)56-54-52-50-48-46-44-42-39-23-21-19-17-15-13-11-9-7-2/h15,17,21,23,60-61,65H,6-14,16,18-20,22,24-59H2,1-5H3,(H-,63,66,67,68)/p+1/b17-15-,23-21-. The first-order valence-corrected chi connectivity index (χ1v) is 32.7. The fraction of sp³-hybridized carbons (Fsp3) is 0.919. The van der Waals surface area contributed by atoms with E-state index in [-0.39, 0.29) is 19.1 Å². The van der Waals surface area contributed by atoms with Gasteiger partial charge in [0.05, 0.1) is 39.9 Å². The third-order valence-corrected chi connectivity index (χ3v) is 15.4. The number of unbranched alkanes of at least 4 members (excludes halogenated alkanes) is 41. The average molecular weight is 1020 g/mol. The Morgan fingerprint density at radius 1 is 0.479 bits per heavy atom. The lowest BCUT2D eigenvalue weighted by atomic mass is 10.0. The summed E-state index contributed by atoms with van der Waals surface area (Å²) in [6, 6.07) is -0.765. The molecule has 0 aliphatic carbocycles. The number of allylic oxidation sites excluding steroid dienone is 4. The maximum absolute atomic E-state index is 13.0. The first kappa shape index (κ1) is 70.0. The highest BCUT2D eigenvalue weighted by atomic mass is 31.2. The molecule has 0 radical (unpaired) electrons. The minimum atomic E-state index is -4.33. The normalized spacial score (nSPS) is 14.0. The number of hydrogen-bond donors (Lipinski definition) is 3. The molecule has 0 aromatic heterocycles. The van der Waals surface area contributed by atoms with Crippen molar-refractivity contribution in [2.75, 3.05) is 40.9 Å². The van der Waals surface area contributed by atoms with Crippen molar-refractivity contribution < 1.29 is 32.9 Å². The van der Waals surface area contributed by atoms with Crippen molar-refractivity contribution >= 4 is 13.7 Å². The molecule has 0 fully saturated rings. The average Bonchev–Trinajstić information content (AvgIpc) is 3.33. The Labute approximate surface area is 443 Å². The van der Waals surface area contributed by atoms with Gasteiger partial charge in [0.2, 0.25) is 5.91 Å². The number of nitrogens with zero attached hydrogens (tertiary/aromatic N) is 1. The van der Waals surface area contributed by atoms with Crippen LogP contribution in [0.3, 0.4) is 0 Å². The van der Waals surface area contributed by atoms with Crippen LogP contribution < -0.4 is 5.32 Å². The zero-order valence-corrected chi connectivity index (χ0v) is 49.1. The summed E-state index contributed by atoms with van der Waals surface area (Å²) in [4.78, 5) is 23.3. The van der Waals surface area contributed by atoms with Crippen molar-refractivity contribution in [2.24, 2.45) is 0 Å². The van der Waals surface area contributed by atoms with Crippen LogP contribution in [-0.4, -0.2) is 73.4 Å². The molecule has 0 saturated heterocycles. The summed E-state index contributed by atoms with van der Waals surface area (Å²) in [7, 11) is 1.62. The number of phosphoric ester groups is 1. The Bertz CT molecular complexity index is 1210. The number of quaternary nitrogens is 1. The number of aliphatic hydroxyl groups excluding tert-OH is 1. The van der Waals surface area contributed by atoms with Crippen molar-refractivity contribution in [1.82, 2.24) is 5.32 Å². The van der Waals surface area contributed by atoms with Gasteiger partial charge < -0.3 is 19.8 Å². The van der Waals surface area contributed by atoms with Gasteiger partial charge in [-0.1, -0.05) is 289 Å². The van der Waals surface area contributed by atoms with E-state index in [9.17, 15) is 19.4 Å². The Morgan fingerprint density at radius 2 is 0.803 bits per heavy atom. The number of likely N-dealkylation sites (N-methyl/N-ethyl adjacent to an activating group) is 1. The van der Waals surface area contributed by atoms with E-state index in [1.165, 1.54) is 238 Å². The molecule has 8 nitrogen and oxygen atoms in total. The topological polar surface area (TPSA) is 105 Å². The molecule has 0 aromatic carbocycles. The highest BCUT2D eigenvalue weighted by Gasteiger charge is 2.28. The molecule has 0 aliphatic rings. The van der Waals surface area contributed by atoms with Crippen LogP contribution in [-0.2, 0) is 18.4 Å². The molecule has 0 spiro atoms. The number of rotatable bonds is 58. The number of nitrogens with one attached hydrogen (secondary N) is 1. The fourth-order valence-electron chi connectivity index (χ4n) is 9.55. The van der Waals surface area contributed by atoms with Crippen LogP contribution in [0.5, 0.6) is 0 Å². The van der Waals surface area contributed by atoms with Gasteiger partial charge in [0.1, 0.15) is 13.2 Å². The van der Waals surface area contributed by atoms with Crippen LogP contribution in [0, 0.1) is 0 Å². The molecule has 0 aromatic rings. The van der Waals surface area contributed by atoms with E-state index in [0.29, 0.717) is 23.9 Å². The van der Waals surface area contributed by atoms with Gasteiger partial charge in [0.25, 0.3) is 0 Å². The van der Waals surface area contributed by atoms with Gasteiger partial charge in [-0.3, -0.25) is 13.8 Å². The summed E-state index contributed by atoms with van der Waals surface area (Å²) in [6.45, 7) is 4.90. The largest absolute Gasteiger partial charge is 0.472 e. The smallest absolute Gasteiger partial charge is 0.391 e. The SMILES string of the molecule is CCCCC/C=C\C/C=C\CCCCCCCCCC(=O)NC(COP(=O)(O)OCC[N+](C)(C)C)C(O)CCCCCCCCCCCCCCCCCCCCCCCCCCCCCCCCCC. The third-order valence-electron chi connectivity index (χ3n) is 14.5. The number of carbonyl (C=O) groups is 1. The number of carbonyl (C=O) groups excluding carboxylic acids is 1. The predicted octanol–water partition coefficient (Wildman–Crippen LogP) is 19.2. The molecule has 9 heteroatoms. The minimum absolute atomic E-state index is 0.0741. The predicted molar refractivity (Wildman–Crippen MR) is 309 cm³/mol. The van der Waals surface area contributed by atoms with E-state index in [1.54, 1.807) is 0 Å². The Hall–Kier alpha value is -1.02. The summed E-state index contributed by atoms with van der Waals surface area (Å²) in [5, 5.41) is 14.1.